The first-order chi connectivity index (χ1) is 16.5. The van der Waals surface area contributed by atoms with Crippen LogP contribution < -0.4 is 5.32 Å². The molecule has 0 saturated carbocycles. The van der Waals surface area contributed by atoms with Crippen molar-refractivity contribution in [1.29, 1.82) is 0 Å². The van der Waals surface area contributed by atoms with Crippen LogP contribution in [-0.4, -0.2) is 18.3 Å². The molecule has 1 amide bonds. The summed E-state index contributed by atoms with van der Waals surface area (Å²) in [6.07, 6.45) is 2.31. The fraction of sp³-hybridized carbons (Fsp3) is 0.107. The third-order valence-electron chi connectivity index (χ3n) is 6.12. The monoisotopic (exact) mass is 468 g/mol. The molecular weight excluding hydrogens is 444 g/mol. The minimum Gasteiger partial charge on any atom is -0.345 e. The molecule has 170 valence electrons. The number of aromatic nitrogens is 1. The van der Waals surface area contributed by atoms with Gasteiger partial charge in [0, 0.05) is 22.5 Å². The molecule has 5 rings (SSSR count). The number of rotatable bonds is 6. The molecule has 4 aromatic carbocycles. The number of fused-ring (bicyclic) bond motifs is 2. The summed E-state index contributed by atoms with van der Waals surface area (Å²) in [6, 6.07) is 29.3. The number of carbonyl (C=O) groups is 1. The molecule has 1 heterocycles. The van der Waals surface area contributed by atoms with Crippen LogP contribution in [0.2, 0.25) is 0 Å². The second kappa shape index (κ2) is 8.80. The van der Waals surface area contributed by atoms with E-state index in [4.69, 9.17) is 0 Å². The van der Waals surface area contributed by atoms with Gasteiger partial charge in [-0.15, -0.1) is 0 Å². The van der Waals surface area contributed by atoms with Crippen molar-refractivity contribution in [3.05, 3.63) is 114 Å². The maximum Gasteiger partial charge on any atom is 0.268 e. The van der Waals surface area contributed by atoms with Crippen LogP contribution in [0.5, 0.6) is 0 Å². The molecule has 0 bridgehead atoms. The zero-order valence-corrected chi connectivity index (χ0v) is 19.5. The third kappa shape index (κ3) is 3.86. The number of benzene rings is 4. The Balaban J connectivity index is 1.49. The molecule has 0 radical (unpaired) electrons. The van der Waals surface area contributed by atoms with Crippen LogP contribution in [0.4, 0.5) is 0 Å². The van der Waals surface area contributed by atoms with Crippen molar-refractivity contribution in [2.24, 2.45) is 0 Å². The zero-order valence-electron chi connectivity index (χ0n) is 18.7. The average molecular weight is 469 g/mol. The average Bonchev–Trinajstić information content (AvgIpc) is 3.31. The largest absolute Gasteiger partial charge is 0.345 e. The Bertz CT molecular complexity index is 1600. The van der Waals surface area contributed by atoms with Gasteiger partial charge in [0.2, 0.25) is 0 Å². The van der Waals surface area contributed by atoms with Crippen molar-refractivity contribution >= 4 is 37.6 Å². The van der Waals surface area contributed by atoms with E-state index < -0.39 is 10.0 Å². The van der Waals surface area contributed by atoms with E-state index in [2.05, 4.69) is 5.32 Å². The maximum atomic E-state index is 13.6. The quantitative estimate of drug-likeness (QED) is 0.337. The summed E-state index contributed by atoms with van der Waals surface area (Å²) in [6.45, 7) is 2.03. The minimum atomic E-state index is -3.82. The molecule has 0 saturated heterocycles. The summed E-state index contributed by atoms with van der Waals surface area (Å²) in [5.74, 6) is -0.192. The van der Waals surface area contributed by atoms with Crippen LogP contribution in [-0.2, 0) is 10.0 Å². The van der Waals surface area contributed by atoms with E-state index >= 15 is 0 Å². The van der Waals surface area contributed by atoms with Crippen LogP contribution in [0.1, 0.15) is 35.3 Å². The van der Waals surface area contributed by atoms with Gasteiger partial charge in [-0.05, 0) is 47.7 Å². The second-order valence-electron chi connectivity index (χ2n) is 8.21. The SMILES string of the molecule is CCC(NC(=O)c1ccc2c(ccn2S(=O)(=O)c2cccc3ccccc23)c1)c1ccccc1. The summed E-state index contributed by atoms with van der Waals surface area (Å²) in [4.78, 5) is 13.2. The van der Waals surface area contributed by atoms with Gasteiger partial charge in [-0.1, -0.05) is 73.7 Å². The lowest BCUT2D eigenvalue weighted by atomic mass is 10.0. The highest BCUT2D eigenvalue weighted by Gasteiger charge is 2.22. The molecule has 1 unspecified atom stereocenters. The van der Waals surface area contributed by atoms with Gasteiger partial charge in [0.25, 0.3) is 15.9 Å². The van der Waals surface area contributed by atoms with Crippen molar-refractivity contribution in [3.63, 3.8) is 0 Å². The topological polar surface area (TPSA) is 68.2 Å². The molecule has 0 aliphatic heterocycles. The number of nitrogens with zero attached hydrogens (tertiary/aromatic N) is 1. The molecule has 1 aromatic heterocycles. The van der Waals surface area contributed by atoms with Crippen LogP contribution in [0.3, 0.4) is 0 Å². The van der Waals surface area contributed by atoms with Crippen LogP contribution in [0.25, 0.3) is 21.7 Å². The summed E-state index contributed by atoms with van der Waals surface area (Å²) >= 11 is 0. The molecule has 6 heteroatoms. The molecule has 0 fully saturated rings. The molecule has 34 heavy (non-hydrogen) atoms. The van der Waals surface area contributed by atoms with E-state index in [1.165, 1.54) is 3.97 Å². The highest BCUT2D eigenvalue weighted by atomic mass is 32.2. The lowest BCUT2D eigenvalue weighted by Crippen LogP contribution is -2.28. The van der Waals surface area contributed by atoms with Crippen LogP contribution >= 0.6 is 0 Å². The van der Waals surface area contributed by atoms with E-state index in [-0.39, 0.29) is 16.8 Å². The van der Waals surface area contributed by atoms with Crippen molar-refractivity contribution in [1.82, 2.24) is 9.29 Å². The van der Waals surface area contributed by atoms with Crippen LogP contribution in [0.15, 0.2) is 108 Å². The second-order valence-corrected chi connectivity index (χ2v) is 10.00. The van der Waals surface area contributed by atoms with Crippen LogP contribution in [0, 0.1) is 0 Å². The Morgan fingerprint density at radius 1 is 0.853 bits per heavy atom. The Hall–Kier alpha value is -3.90. The van der Waals surface area contributed by atoms with Gasteiger partial charge in [0.15, 0.2) is 0 Å². The van der Waals surface area contributed by atoms with Crippen molar-refractivity contribution in [2.75, 3.05) is 0 Å². The van der Waals surface area contributed by atoms with Gasteiger partial charge in [-0.25, -0.2) is 12.4 Å². The van der Waals surface area contributed by atoms with Gasteiger partial charge >= 0.3 is 0 Å². The van der Waals surface area contributed by atoms with Gasteiger partial charge in [0.1, 0.15) is 0 Å². The van der Waals surface area contributed by atoms with Gasteiger partial charge < -0.3 is 5.32 Å². The minimum absolute atomic E-state index is 0.0965. The van der Waals surface area contributed by atoms with E-state index in [0.29, 0.717) is 21.9 Å². The molecular formula is C28H24N2O3S. The molecule has 1 N–H and O–H groups in total. The number of nitrogens with one attached hydrogen (secondary N) is 1. The van der Waals surface area contributed by atoms with Gasteiger partial charge in [0.05, 0.1) is 16.5 Å². The Morgan fingerprint density at radius 3 is 2.38 bits per heavy atom. The predicted octanol–water partition coefficient (Wildman–Crippen LogP) is 5.91. The van der Waals surface area contributed by atoms with Crippen molar-refractivity contribution in [2.45, 2.75) is 24.3 Å². The lowest BCUT2D eigenvalue weighted by Gasteiger charge is -2.17. The van der Waals surface area contributed by atoms with E-state index in [1.807, 2.05) is 67.6 Å². The summed E-state index contributed by atoms with van der Waals surface area (Å²) < 4.78 is 28.4. The molecule has 0 aliphatic carbocycles. The molecule has 0 aliphatic rings. The predicted molar refractivity (Wildman–Crippen MR) is 135 cm³/mol. The summed E-state index contributed by atoms with van der Waals surface area (Å²) in [5.41, 5.74) is 2.06. The Kier molecular flexibility index (Phi) is 5.67. The maximum absolute atomic E-state index is 13.6. The standard InChI is InChI=1S/C28H24N2O3S/c1-2-25(21-10-4-3-5-11-21)29-28(31)23-15-16-26-22(19-23)17-18-30(26)34(32,33)27-14-8-12-20-9-6-7-13-24(20)27/h3-19,25H,2H2,1H3,(H,29,31). The molecule has 1 atom stereocenters. The number of carbonyl (C=O) groups excluding carboxylic acids is 1. The van der Waals surface area contributed by atoms with Crippen molar-refractivity contribution in [3.8, 4) is 0 Å². The number of hydrogen-bond acceptors (Lipinski definition) is 3. The molecule has 5 aromatic rings. The van der Waals surface area contributed by atoms with Gasteiger partial charge in [-0.2, -0.15) is 0 Å². The van der Waals surface area contributed by atoms with Crippen molar-refractivity contribution < 1.29 is 13.2 Å². The first-order valence-corrected chi connectivity index (χ1v) is 12.6. The Morgan fingerprint density at radius 2 is 1.59 bits per heavy atom. The normalized spacial score (nSPS) is 12.6. The third-order valence-corrected chi connectivity index (χ3v) is 7.87. The molecule has 5 nitrogen and oxygen atoms in total. The fourth-order valence-corrected chi connectivity index (χ4v) is 5.92. The Labute approximate surface area is 198 Å². The highest BCUT2D eigenvalue weighted by Crippen LogP contribution is 2.28. The summed E-state index contributed by atoms with van der Waals surface area (Å²) in [7, 11) is -3.82. The smallest absolute Gasteiger partial charge is 0.268 e. The van der Waals surface area contributed by atoms with E-state index in [0.717, 1.165) is 17.4 Å². The molecule has 0 spiro atoms. The zero-order chi connectivity index (χ0) is 23.7. The first-order valence-electron chi connectivity index (χ1n) is 11.2. The summed E-state index contributed by atoms with van der Waals surface area (Å²) in [5, 5.41) is 5.31. The highest BCUT2D eigenvalue weighted by molar-refractivity contribution is 7.90. The van der Waals surface area contributed by atoms with Gasteiger partial charge in [-0.3, -0.25) is 4.79 Å². The first kappa shape index (κ1) is 21.9. The number of amides is 1. The fourth-order valence-electron chi connectivity index (χ4n) is 4.34. The number of hydrogen-bond donors (Lipinski definition) is 1. The lowest BCUT2D eigenvalue weighted by molar-refractivity contribution is 0.0935. The van der Waals surface area contributed by atoms with E-state index in [9.17, 15) is 13.2 Å². The van der Waals surface area contributed by atoms with E-state index in [1.54, 1.807) is 42.6 Å².